The first kappa shape index (κ1) is 17.3. The fourth-order valence-electron chi connectivity index (χ4n) is 4.42. The van der Waals surface area contributed by atoms with Crippen molar-refractivity contribution in [3.63, 3.8) is 0 Å². The maximum Gasteiger partial charge on any atom is 0.0468 e. The molecule has 1 aliphatic carbocycles. The molecule has 3 unspecified atom stereocenters. The average molecular weight is 296 g/mol. The van der Waals surface area contributed by atoms with Crippen LogP contribution in [-0.4, -0.2) is 25.8 Å². The summed E-state index contributed by atoms with van der Waals surface area (Å²) in [6.07, 6.45) is 6.87. The van der Waals surface area contributed by atoms with Gasteiger partial charge in [-0.1, -0.05) is 34.6 Å². The van der Waals surface area contributed by atoms with Crippen LogP contribution in [0.5, 0.6) is 0 Å². The van der Waals surface area contributed by atoms with Gasteiger partial charge in [-0.25, -0.2) is 0 Å². The van der Waals surface area contributed by atoms with Gasteiger partial charge in [0, 0.05) is 19.3 Å². The molecule has 2 fully saturated rings. The summed E-state index contributed by atoms with van der Waals surface area (Å²) < 4.78 is 5.60. The Bertz CT molecular complexity index is 301. The van der Waals surface area contributed by atoms with Crippen LogP contribution in [0.3, 0.4) is 0 Å². The van der Waals surface area contributed by atoms with Crippen LogP contribution in [0.1, 0.15) is 66.7 Å². The summed E-state index contributed by atoms with van der Waals surface area (Å²) in [7, 11) is 0. The zero-order chi connectivity index (χ0) is 15.5. The number of nitrogens with one attached hydrogen (secondary N) is 1. The molecule has 1 N–H and O–H groups in total. The molecule has 0 amide bonds. The van der Waals surface area contributed by atoms with E-state index in [1.807, 2.05) is 0 Å². The third-order valence-corrected chi connectivity index (χ3v) is 5.93. The monoisotopic (exact) mass is 295 g/mol. The highest BCUT2D eigenvalue weighted by Gasteiger charge is 2.39. The highest BCUT2D eigenvalue weighted by Crippen LogP contribution is 2.47. The SMILES string of the molecule is CC(C)NCC1CCC(C(C)(C)C)CC1C1CCOCC1. The Balaban J connectivity index is 2.01. The molecule has 2 aliphatic rings. The molecule has 1 saturated carbocycles. The number of rotatable bonds is 4. The molecule has 0 aromatic carbocycles. The predicted octanol–water partition coefficient (Wildman–Crippen LogP) is 4.49. The smallest absolute Gasteiger partial charge is 0.0468 e. The van der Waals surface area contributed by atoms with E-state index in [0.29, 0.717) is 11.5 Å². The summed E-state index contributed by atoms with van der Waals surface area (Å²) in [4.78, 5) is 0. The molecule has 1 heterocycles. The van der Waals surface area contributed by atoms with Crippen molar-refractivity contribution in [1.82, 2.24) is 5.32 Å². The molecular formula is C19H37NO. The van der Waals surface area contributed by atoms with Gasteiger partial charge >= 0.3 is 0 Å². The van der Waals surface area contributed by atoms with Gasteiger partial charge in [-0.15, -0.1) is 0 Å². The van der Waals surface area contributed by atoms with Crippen molar-refractivity contribution < 1.29 is 4.74 Å². The fraction of sp³-hybridized carbons (Fsp3) is 1.00. The average Bonchev–Trinajstić information content (AvgIpc) is 2.45. The molecule has 124 valence electrons. The number of hydrogen-bond acceptors (Lipinski definition) is 2. The van der Waals surface area contributed by atoms with Gasteiger partial charge in [-0.2, -0.15) is 0 Å². The summed E-state index contributed by atoms with van der Waals surface area (Å²) in [5.74, 6) is 3.61. The Morgan fingerprint density at radius 1 is 1.05 bits per heavy atom. The zero-order valence-electron chi connectivity index (χ0n) is 15.0. The Morgan fingerprint density at radius 2 is 1.71 bits per heavy atom. The first-order valence-electron chi connectivity index (χ1n) is 9.19. The van der Waals surface area contributed by atoms with E-state index < -0.39 is 0 Å². The molecule has 0 aromatic rings. The summed E-state index contributed by atoms with van der Waals surface area (Å²) in [5.41, 5.74) is 0.472. The van der Waals surface area contributed by atoms with E-state index in [9.17, 15) is 0 Å². The predicted molar refractivity (Wildman–Crippen MR) is 90.5 cm³/mol. The normalized spacial score (nSPS) is 32.6. The molecule has 0 radical (unpaired) electrons. The Kier molecular flexibility index (Phi) is 6.14. The van der Waals surface area contributed by atoms with Gasteiger partial charge in [0.25, 0.3) is 0 Å². The summed E-state index contributed by atoms with van der Waals surface area (Å²) in [6.45, 7) is 15.0. The molecule has 2 rings (SSSR count). The van der Waals surface area contributed by atoms with Gasteiger partial charge in [0.1, 0.15) is 0 Å². The second-order valence-electron chi connectivity index (χ2n) is 8.81. The summed E-state index contributed by atoms with van der Waals surface area (Å²) >= 11 is 0. The molecule has 2 nitrogen and oxygen atoms in total. The molecule has 0 aromatic heterocycles. The maximum absolute atomic E-state index is 5.60. The van der Waals surface area contributed by atoms with Crippen molar-refractivity contribution in [1.29, 1.82) is 0 Å². The lowest BCUT2D eigenvalue weighted by atomic mass is 9.61. The lowest BCUT2D eigenvalue weighted by Gasteiger charge is -2.46. The first-order chi connectivity index (χ1) is 9.88. The molecule has 2 heteroatoms. The number of ether oxygens (including phenoxy) is 1. The van der Waals surface area contributed by atoms with E-state index in [4.69, 9.17) is 4.74 Å². The van der Waals surface area contributed by atoms with Crippen LogP contribution in [0.15, 0.2) is 0 Å². The van der Waals surface area contributed by atoms with Crippen LogP contribution in [0.25, 0.3) is 0 Å². The van der Waals surface area contributed by atoms with Crippen molar-refractivity contribution in [3.8, 4) is 0 Å². The fourth-order valence-corrected chi connectivity index (χ4v) is 4.42. The van der Waals surface area contributed by atoms with Crippen molar-refractivity contribution in [2.45, 2.75) is 72.8 Å². The standard InChI is InChI=1S/C19H37NO/c1-14(2)20-13-16-6-7-17(19(3,4)5)12-18(16)15-8-10-21-11-9-15/h14-18,20H,6-13H2,1-5H3. The quantitative estimate of drug-likeness (QED) is 0.825. The minimum atomic E-state index is 0.472. The number of hydrogen-bond donors (Lipinski definition) is 1. The second-order valence-corrected chi connectivity index (χ2v) is 8.81. The zero-order valence-corrected chi connectivity index (χ0v) is 15.0. The van der Waals surface area contributed by atoms with Crippen molar-refractivity contribution in [2.24, 2.45) is 29.1 Å². The largest absolute Gasteiger partial charge is 0.381 e. The van der Waals surface area contributed by atoms with Crippen molar-refractivity contribution in [2.75, 3.05) is 19.8 Å². The van der Waals surface area contributed by atoms with E-state index in [2.05, 4.69) is 39.9 Å². The van der Waals surface area contributed by atoms with E-state index in [-0.39, 0.29) is 0 Å². The van der Waals surface area contributed by atoms with E-state index >= 15 is 0 Å². The van der Waals surface area contributed by atoms with Gasteiger partial charge in [-0.05, 0) is 67.7 Å². The molecular weight excluding hydrogens is 258 g/mol. The van der Waals surface area contributed by atoms with Crippen LogP contribution in [-0.2, 0) is 4.74 Å². The van der Waals surface area contributed by atoms with E-state index in [1.165, 1.54) is 38.6 Å². The third-order valence-electron chi connectivity index (χ3n) is 5.93. The Hall–Kier alpha value is -0.0800. The highest BCUT2D eigenvalue weighted by atomic mass is 16.5. The Labute approximate surface area is 132 Å². The highest BCUT2D eigenvalue weighted by molar-refractivity contribution is 4.90. The Morgan fingerprint density at radius 3 is 2.29 bits per heavy atom. The lowest BCUT2D eigenvalue weighted by Crippen LogP contribution is -2.42. The van der Waals surface area contributed by atoms with Crippen molar-refractivity contribution in [3.05, 3.63) is 0 Å². The van der Waals surface area contributed by atoms with Gasteiger partial charge in [0.05, 0.1) is 0 Å². The van der Waals surface area contributed by atoms with Gasteiger partial charge in [0.15, 0.2) is 0 Å². The molecule has 21 heavy (non-hydrogen) atoms. The van der Waals surface area contributed by atoms with Crippen molar-refractivity contribution >= 4 is 0 Å². The van der Waals surface area contributed by atoms with Crippen LogP contribution in [0.2, 0.25) is 0 Å². The minimum Gasteiger partial charge on any atom is -0.381 e. The van der Waals surface area contributed by atoms with Crippen LogP contribution in [0, 0.1) is 29.1 Å². The molecule has 0 bridgehead atoms. The molecule has 1 aliphatic heterocycles. The summed E-state index contributed by atoms with van der Waals surface area (Å²) in [6, 6.07) is 0.612. The minimum absolute atomic E-state index is 0.472. The topological polar surface area (TPSA) is 21.3 Å². The van der Waals surface area contributed by atoms with Gasteiger partial charge in [-0.3, -0.25) is 0 Å². The van der Waals surface area contributed by atoms with E-state index in [1.54, 1.807) is 0 Å². The lowest BCUT2D eigenvalue weighted by molar-refractivity contribution is -0.0000570. The maximum atomic E-state index is 5.60. The summed E-state index contributed by atoms with van der Waals surface area (Å²) in [5, 5.41) is 3.71. The molecule has 1 saturated heterocycles. The molecule has 0 spiro atoms. The van der Waals surface area contributed by atoms with Crippen LogP contribution >= 0.6 is 0 Å². The van der Waals surface area contributed by atoms with Crippen LogP contribution in [0.4, 0.5) is 0 Å². The van der Waals surface area contributed by atoms with E-state index in [0.717, 1.165) is 36.9 Å². The van der Waals surface area contributed by atoms with Gasteiger partial charge in [0.2, 0.25) is 0 Å². The molecule has 3 atom stereocenters. The first-order valence-corrected chi connectivity index (χ1v) is 9.19. The third kappa shape index (κ3) is 4.96. The second kappa shape index (κ2) is 7.46. The van der Waals surface area contributed by atoms with Crippen LogP contribution < -0.4 is 5.32 Å². The van der Waals surface area contributed by atoms with Gasteiger partial charge < -0.3 is 10.1 Å².